The predicted molar refractivity (Wildman–Crippen MR) is 89.3 cm³/mol. The first-order valence-electron chi connectivity index (χ1n) is 7.91. The lowest BCUT2D eigenvalue weighted by atomic mass is 10.1. The summed E-state index contributed by atoms with van der Waals surface area (Å²) in [5, 5.41) is 7.99. The van der Waals surface area contributed by atoms with Gasteiger partial charge in [0, 0.05) is 18.2 Å². The summed E-state index contributed by atoms with van der Waals surface area (Å²) in [5.41, 5.74) is 2.39. The van der Waals surface area contributed by atoms with Gasteiger partial charge in [-0.1, -0.05) is 18.5 Å². The number of carbonyl (C=O) groups is 1. The van der Waals surface area contributed by atoms with Gasteiger partial charge in [-0.2, -0.15) is 5.10 Å². The molecule has 3 rings (SSSR count). The quantitative estimate of drug-likeness (QED) is 0.915. The first kappa shape index (κ1) is 16.0. The van der Waals surface area contributed by atoms with Crippen LogP contribution in [0.2, 0.25) is 5.02 Å². The van der Waals surface area contributed by atoms with Gasteiger partial charge in [0.1, 0.15) is 0 Å². The maximum Gasteiger partial charge on any atom is 0.254 e. The molecular weight excluding hydrogens is 314 g/mol. The van der Waals surface area contributed by atoms with Crippen molar-refractivity contribution in [3.63, 3.8) is 0 Å². The Kier molecular flexibility index (Phi) is 4.98. The van der Waals surface area contributed by atoms with Crippen molar-refractivity contribution in [3.8, 4) is 5.69 Å². The van der Waals surface area contributed by atoms with Crippen molar-refractivity contribution in [2.24, 2.45) is 0 Å². The van der Waals surface area contributed by atoms with E-state index in [2.05, 4.69) is 10.4 Å². The van der Waals surface area contributed by atoms with Gasteiger partial charge >= 0.3 is 0 Å². The van der Waals surface area contributed by atoms with E-state index in [0.29, 0.717) is 23.6 Å². The molecule has 1 amide bonds. The molecule has 1 N–H and O–H groups in total. The zero-order valence-corrected chi connectivity index (χ0v) is 13.8. The second kappa shape index (κ2) is 7.15. The summed E-state index contributed by atoms with van der Waals surface area (Å²) >= 11 is 5.93. The van der Waals surface area contributed by atoms with Gasteiger partial charge in [-0.05, 0) is 43.5 Å². The van der Waals surface area contributed by atoms with E-state index in [1.807, 2.05) is 31.2 Å². The topological polar surface area (TPSA) is 56.1 Å². The van der Waals surface area contributed by atoms with Crippen LogP contribution in [-0.2, 0) is 11.2 Å². The first-order valence-corrected chi connectivity index (χ1v) is 8.29. The Hall–Kier alpha value is -1.85. The van der Waals surface area contributed by atoms with Crippen LogP contribution in [0.25, 0.3) is 5.69 Å². The van der Waals surface area contributed by atoms with Crippen LogP contribution in [0.3, 0.4) is 0 Å². The lowest BCUT2D eigenvalue weighted by molar-refractivity contribution is 0.0857. The Morgan fingerprint density at radius 2 is 2.22 bits per heavy atom. The normalized spacial score (nSPS) is 17.4. The van der Waals surface area contributed by atoms with Crippen LogP contribution >= 0.6 is 11.6 Å². The van der Waals surface area contributed by atoms with Gasteiger partial charge in [0.2, 0.25) is 0 Å². The molecule has 2 aromatic rings. The van der Waals surface area contributed by atoms with Crippen molar-refractivity contribution < 1.29 is 9.53 Å². The zero-order valence-electron chi connectivity index (χ0n) is 13.1. The van der Waals surface area contributed by atoms with Gasteiger partial charge in [0.25, 0.3) is 5.91 Å². The van der Waals surface area contributed by atoms with Crippen molar-refractivity contribution in [2.45, 2.75) is 32.3 Å². The highest BCUT2D eigenvalue weighted by Crippen LogP contribution is 2.18. The molecule has 1 atom stereocenters. The Morgan fingerprint density at radius 3 is 2.87 bits per heavy atom. The summed E-state index contributed by atoms with van der Waals surface area (Å²) < 4.78 is 7.32. The van der Waals surface area contributed by atoms with E-state index in [1.54, 1.807) is 10.9 Å². The van der Waals surface area contributed by atoms with Crippen LogP contribution in [0.4, 0.5) is 0 Å². The Bertz CT molecular complexity index is 676. The van der Waals surface area contributed by atoms with Crippen molar-refractivity contribution in [3.05, 3.63) is 46.7 Å². The third-order valence-corrected chi connectivity index (χ3v) is 4.29. The Balaban J connectivity index is 1.77. The van der Waals surface area contributed by atoms with E-state index in [9.17, 15) is 4.79 Å². The molecule has 0 saturated carbocycles. The fraction of sp³-hybridized carbons (Fsp3) is 0.412. The number of hydrogen-bond acceptors (Lipinski definition) is 3. The van der Waals surface area contributed by atoms with Crippen molar-refractivity contribution >= 4 is 17.5 Å². The summed E-state index contributed by atoms with van der Waals surface area (Å²) in [5.74, 6) is -0.0995. The van der Waals surface area contributed by atoms with Gasteiger partial charge in [0.15, 0.2) is 0 Å². The van der Waals surface area contributed by atoms with E-state index in [1.165, 1.54) is 0 Å². The fourth-order valence-corrected chi connectivity index (χ4v) is 2.94. The number of amides is 1. The maximum atomic E-state index is 12.4. The van der Waals surface area contributed by atoms with Crippen LogP contribution < -0.4 is 5.32 Å². The molecular formula is C17H20ClN3O2. The minimum atomic E-state index is -0.0995. The number of hydrogen-bond donors (Lipinski definition) is 1. The molecule has 0 unspecified atom stereocenters. The smallest absolute Gasteiger partial charge is 0.254 e. The average Bonchev–Trinajstić information content (AvgIpc) is 3.22. The van der Waals surface area contributed by atoms with E-state index >= 15 is 0 Å². The summed E-state index contributed by atoms with van der Waals surface area (Å²) in [7, 11) is 0. The summed E-state index contributed by atoms with van der Waals surface area (Å²) in [6, 6.07) is 7.41. The standard InChI is InChI=1S/C17H20ClN3O2/c1-2-16-15(17(22)19-10-14-4-3-9-23-14)11-20-21(16)13-7-5-12(18)6-8-13/h5-8,11,14H,2-4,9-10H2,1H3,(H,19,22)/t14-/m1/s1. The molecule has 1 fully saturated rings. The zero-order chi connectivity index (χ0) is 16.2. The molecule has 6 heteroatoms. The molecule has 1 aromatic heterocycles. The van der Waals surface area contributed by atoms with Crippen LogP contribution in [-0.4, -0.2) is 34.9 Å². The number of aromatic nitrogens is 2. The van der Waals surface area contributed by atoms with Crippen LogP contribution in [0.1, 0.15) is 35.8 Å². The first-order chi connectivity index (χ1) is 11.2. The molecule has 0 aliphatic carbocycles. The van der Waals surface area contributed by atoms with E-state index < -0.39 is 0 Å². The third kappa shape index (κ3) is 3.57. The van der Waals surface area contributed by atoms with E-state index in [4.69, 9.17) is 16.3 Å². The molecule has 0 spiro atoms. The molecule has 0 radical (unpaired) electrons. The Morgan fingerprint density at radius 1 is 1.43 bits per heavy atom. The molecule has 2 heterocycles. The van der Waals surface area contributed by atoms with Gasteiger partial charge in [0.05, 0.1) is 29.2 Å². The van der Waals surface area contributed by atoms with Crippen molar-refractivity contribution in [1.29, 1.82) is 0 Å². The van der Waals surface area contributed by atoms with Crippen molar-refractivity contribution in [1.82, 2.24) is 15.1 Å². The maximum absolute atomic E-state index is 12.4. The number of ether oxygens (including phenoxy) is 1. The number of carbonyl (C=O) groups excluding carboxylic acids is 1. The highest BCUT2D eigenvalue weighted by atomic mass is 35.5. The summed E-state index contributed by atoms with van der Waals surface area (Å²) in [6.45, 7) is 3.35. The lowest BCUT2D eigenvalue weighted by Crippen LogP contribution is -2.32. The largest absolute Gasteiger partial charge is 0.376 e. The number of rotatable bonds is 5. The predicted octanol–water partition coefficient (Wildman–Crippen LogP) is 3.00. The molecule has 5 nitrogen and oxygen atoms in total. The molecule has 1 aliphatic rings. The SMILES string of the molecule is CCc1c(C(=O)NC[C@H]2CCCO2)cnn1-c1ccc(Cl)cc1. The number of halogens is 1. The minimum absolute atomic E-state index is 0.0995. The van der Waals surface area contributed by atoms with Crippen molar-refractivity contribution in [2.75, 3.05) is 13.2 Å². The second-order valence-corrected chi connectivity index (χ2v) is 6.03. The fourth-order valence-electron chi connectivity index (χ4n) is 2.82. The van der Waals surface area contributed by atoms with Crippen LogP contribution in [0.5, 0.6) is 0 Å². The molecule has 1 saturated heterocycles. The number of nitrogens with zero attached hydrogens (tertiary/aromatic N) is 2. The van der Waals surface area contributed by atoms with E-state index in [0.717, 1.165) is 30.8 Å². The number of benzene rings is 1. The van der Waals surface area contributed by atoms with Gasteiger partial charge < -0.3 is 10.1 Å². The van der Waals surface area contributed by atoms with Gasteiger partial charge in [-0.15, -0.1) is 0 Å². The third-order valence-electron chi connectivity index (χ3n) is 4.03. The number of nitrogens with one attached hydrogen (secondary N) is 1. The van der Waals surface area contributed by atoms with Gasteiger partial charge in [-0.3, -0.25) is 4.79 Å². The second-order valence-electron chi connectivity index (χ2n) is 5.59. The Labute approximate surface area is 140 Å². The average molecular weight is 334 g/mol. The monoisotopic (exact) mass is 333 g/mol. The molecule has 23 heavy (non-hydrogen) atoms. The van der Waals surface area contributed by atoms with Crippen LogP contribution in [0.15, 0.2) is 30.5 Å². The van der Waals surface area contributed by atoms with Gasteiger partial charge in [-0.25, -0.2) is 4.68 Å². The highest BCUT2D eigenvalue weighted by molar-refractivity contribution is 6.30. The van der Waals surface area contributed by atoms with Crippen LogP contribution in [0, 0.1) is 0 Å². The lowest BCUT2D eigenvalue weighted by Gasteiger charge is -2.11. The highest BCUT2D eigenvalue weighted by Gasteiger charge is 2.20. The molecule has 1 aromatic carbocycles. The molecule has 1 aliphatic heterocycles. The van der Waals surface area contributed by atoms with E-state index in [-0.39, 0.29) is 12.0 Å². The minimum Gasteiger partial charge on any atom is -0.376 e. The summed E-state index contributed by atoms with van der Waals surface area (Å²) in [4.78, 5) is 12.4. The molecule has 122 valence electrons. The molecule has 0 bridgehead atoms. The summed E-state index contributed by atoms with van der Waals surface area (Å²) in [6.07, 6.45) is 4.54.